The number of rotatable bonds is 5. The molecule has 0 amide bonds. The number of hydrogen-bond acceptors (Lipinski definition) is 3. The normalized spacial score (nSPS) is 9.40. The second-order valence-electron chi connectivity index (χ2n) is 2.08. The van der Waals surface area contributed by atoms with Crippen molar-refractivity contribution in [1.29, 1.82) is 0 Å². The van der Waals surface area contributed by atoms with Crippen LogP contribution in [-0.4, -0.2) is 12.5 Å². The highest BCUT2D eigenvalue weighted by Crippen LogP contribution is 1.84. The number of hydroxylamine groups is 1. The summed E-state index contributed by atoms with van der Waals surface area (Å²) in [4.78, 5) is 15.1. The summed E-state index contributed by atoms with van der Waals surface area (Å²) >= 11 is 0. The van der Waals surface area contributed by atoms with Crippen molar-refractivity contribution in [1.82, 2.24) is 5.48 Å². The molecule has 0 spiro atoms. The molecule has 3 heteroatoms. The van der Waals surface area contributed by atoms with E-state index in [4.69, 9.17) is 0 Å². The molecule has 0 unspecified atom stereocenters. The number of nitrogens with one attached hydrogen (secondary N) is 1. The maximum atomic E-state index is 10.5. The van der Waals surface area contributed by atoms with E-state index in [1.807, 2.05) is 0 Å². The zero-order valence-corrected chi connectivity index (χ0v) is 6.64. The van der Waals surface area contributed by atoms with Crippen molar-refractivity contribution >= 4 is 5.97 Å². The Bertz CT molecular complexity index is 93.6. The third kappa shape index (κ3) is 5.56. The van der Waals surface area contributed by atoms with Gasteiger partial charge < -0.3 is 4.84 Å². The monoisotopic (exact) mass is 145 g/mol. The van der Waals surface area contributed by atoms with Crippen LogP contribution in [0, 0.1) is 0 Å². The smallest absolute Gasteiger partial charge is 0.324 e. The zero-order valence-electron chi connectivity index (χ0n) is 6.64. The Morgan fingerprint density at radius 3 is 2.70 bits per heavy atom. The minimum atomic E-state index is -0.198. The van der Waals surface area contributed by atoms with Gasteiger partial charge in [-0.3, -0.25) is 4.79 Å². The molecule has 0 saturated heterocycles. The minimum absolute atomic E-state index is 0.198. The van der Waals surface area contributed by atoms with Crippen molar-refractivity contribution in [2.24, 2.45) is 0 Å². The van der Waals surface area contributed by atoms with Gasteiger partial charge in [-0.25, -0.2) is 0 Å². The molecule has 60 valence electrons. The lowest BCUT2D eigenvalue weighted by Crippen LogP contribution is -2.20. The van der Waals surface area contributed by atoms with Gasteiger partial charge in [-0.2, -0.15) is 5.48 Å². The molecule has 0 bridgehead atoms. The Labute approximate surface area is 61.7 Å². The topological polar surface area (TPSA) is 38.3 Å². The van der Waals surface area contributed by atoms with Crippen molar-refractivity contribution in [2.45, 2.75) is 33.1 Å². The highest BCUT2D eigenvalue weighted by atomic mass is 16.7. The Kier molecular flexibility index (Phi) is 6.18. The standard InChI is InChI=1S/C7H15NO2/c1-3-5-6-8-10-7(9)4-2/h8H,3-6H2,1-2H3. The molecule has 0 aliphatic rings. The molecular weight excluding hydrogens is 130 g/mol. The van der Waals surface area contributed by atoms with E-state index in [-0.39, 0.29) is 5.97 Å². The predicted molar refractivity (Wildman–Crippen MR) is 39.3 cm³/mol. The highest BCUT2D eigenvalue weighted by Gasteiger charge is 1.95. The summed E-state index contributed by atoms with van der Waals surface area (Å²) in [6.07, 6.45) is 2.58. The third-order valence-corrected chi connectivity index (χ3v) is 1.11. The second-order valence-corrected chi connectivity index (χ2v) is 2.08. The fraction of sp³-hybridized carbons (Fsp3) is 0.857. The van der Waals surface area contributed by atoms with Crippen LogP contribution in [0.3, 0.4) is 0 Å². The van der Waals surface area contributed by atoms with Crippen LogP contribution in [0.5, 0.6) is 0 Å². The Hall–Kier alpha value is -0.570. The van der Waals surface area contributed by atoms with Crippen LogP contribution < -0.4 is 5.48 Å². The largest absolute Gasteiger partial charge is 0.371 e. The lowest BCUT2D eigenvalue weighted by Gasteiger charge is -2.01. The van der Waals surface area contributed by atoms with Gasteiger partial charge in [-0.1, -0.05) is 20.3 Å². The van der Waals surface area contributed by atoms with E-state index < -0.39 is 0 Å². The van der Waals surface area contributed by atoms with Crippen LogP contribution in [0.2, 0.25) is 0 Å². The van der Waals surface area contributed by atoms with Crippen molar-refractivity contribution in [3.8, 4) is 0 Å². The van der Waals surface area contributed by atoms with Gasteiger partial charge in [-0.05, 0) is 6.42 Å². The second kappa shape index (κ2) is 6.55. The lowest BCUT2D eigenvalue weighted by atomic mass is 10.3. The molecule has 3 nitrogen and oxygen atoms in total. The van der Waals surface area contributed by atoms with Crippen LogP contribution in [0.4, 0.5) is 0 Å². The minimum Gasteiger partial charge on any atom is -0.371 e. The van der Waals surface area contributed by atoms with E-state index in [1.165, 1.54) is 0 Å². The van der Waals surface area contributed by atoms with E-state index in [9.17, 15) is 4.79 Å². The molecule has 0 radical (unpaired) electrons. The van der Waals surface area contributed by atoms with Crippen molar-refractivity contribution in [3.05, 3.63) is 0 Å². The fourth-order valence-electron chi connectivity index (χ4n) is 0.453. The molecular formula is C7H15NO2. The number of unbranched alkanes of at least 4 members (excludes halogenated alkanes) is 1. The summed E-state index contributed by atoms with van der Waals surface area (Å²) in [5.74, 6) is -0.198. The van der Waals surface area contributed by atoms with Gasteiger partial charge in [0.05, 0.1) is 0 Å². The summed E-state index contributed by atoms with van der Waals surface area (Å²) in [7, 11) is 0. The summed E-state index contributed by atoms with van der Waals surface area (Å²) in [6.45, 7) is 4.61. The first kappa shape index (κ1) is 9.43. The van der Waals surface area contributed by atoms with Crippen molar-refractivity contribution < 1.29 is 9.63 Å². The van der Waals surface area contributed by atoms with E-state index >= 15 is 0 Å². The number of carbonyl (C=O) groups is 1. The summed E-state index contributed by atoms with van der Waals surface area (Å²) in [5.41, 5.74) is 2.59. The van der Waals surface area contributed by atoms with Crippen molar-refractivity contribution in [3.63, 3.8) is 0 Å². The molecule has 0 heterocycles. The molecule has 0 atom stereocenters. The Morgan fingerprint density at radius 2 is 2.20 bits per heavy atom. The maximum absolute atomic E-state index is 10.5. The SMILES string of the molecule is CCCCNOC(=O)CC. The summed E-state index contributed by atoms with van der Waals surface area (Å²) in [6, 6.07) is 0. The van der Waals surface area contributed by atoms with E-state index in [2.05, 4.69) is 17.2 Å². The van der Waals surface area contributed by atoms with E-state index in [0.29, 0.717) is 6.42 Å². The van der Waals surface area contributed by atoms with E-state index in [1.54, 1.807) is 6.92 Å². The molecule has 0 aliphatic heterocycles. The molecule has 10 heavy (non-hydrogen) atoms. The number of hydrogen-bond donors (Lipinski definition) is 1. The Morgan fingerprint density at radius 1 is 1.50 bits per heavy atom. The van der Waals surface area contributed by atoms with Gasteiger partial charge in [0, 0.05) is 13.0 Å². The Balaban J connectivity index is 2.96. The average molecular weight is 145 g/mol. The zero-order chi connectivity index (χ0) is 7.82. The third-order valence-electron chi connectivity index (χ3n) is 1.11. The van der Waals surface area contributed by atoms with Crippen LogP contribution in [0.1, 0.15) is 33.1 Å². The molecule has 0 aliphatic carbocycles. The molecule has 0 saturated carbocycles. The first-order valence-corrected chi connectivity index (χ1v) is 3.73. The van der Waals surface area contributed by atoms with E-state index in [0.717, 1.165) is 19.4 Å². The van der Waals surface area contributed by atoms with Gasteiger partial charge in [0.1, 0.15) is 0 Å². The van der Waals surface area contributed by atoms with Crippen LogP contribution in [-0.2, 0) is 9.63 Å². The highest BCUT2D eigenvalue weighted by molar-refractivity contribution is 5.68. The van der Waals surface area contributed by atoms with Gasteiger partial charge in [0.15, 0.2) is 0 Å². The quantitative estimate of drug-likeness (QED) is 0.467. The fourth-order valence-corrected chi connectivity index (χ4v) is 0.453. The first-order chi connectivity index (χ1) is 4.81. The van der Waals surface area contributed by atoms with Gasteiger partial charge in [0.2, 0.25) is 0 Å². The molecule has 0 rings (SSSR count). The summed E-state index contributed by atoms with van der Waals surface area (Å²) in [5, 5.41) is 0. The maximum Gasteiger partial charge on any atom is 0.324 e. The summed E-state index contributed by atoms with van der Waals surface area (Å²) < 4.78 is 0. The molecule has 1 N–H and O–H groups in total. The van der Waals surface area contributed by atoms with Crippen LogP contribution in [0.15, 0.2) is 0 Å². The van der Waals surface area contributed by atoms with Gasteiger partial charge in [-0.15, -0.1) is 0 Å². The van der Waals surface area contributed by atoms with Crippen LogP contribution >= 0.6 is 0 Å². The first-order valence-electron chi connectivity index (χ1n) is 3.73. The van der Waals surface area contributed by atoms with Gasteiger partial charge in [0.25, 0.3) is 0 Å². The molecule has 0 aromatic heterocycles. The van der Waals surface area contributed by atoms with Crippen molar-refractivity contribution in [2.75, 3.05) is 6.54 Å². The lowest BCUT2D eigenvalue weighted by molar-refractivity contribution is -0.150. The molecule has 0 aromatic carbocycles. The van der Waals surface area contributed by atoms with Gasteiger partial charge >= 0.3 is 5.97 Å². The molecule has 0 aromatic rings. The molecule has 0 fully saturated rings. The predicted octanol–water partition coefficient (Wildman–Crippen LogP) is 1.24. The van der Waals surface area contributed by atoms with Crippen LogP contribution in [0.25, 0.3) is 0 Å². The number of carbonyl (C=O) groups excluding carboxylic acids is 1. The average Bonchev–Trinajstić information content (AvgIpc) is 1.98.